The number of aryl methyl sites for hydroxylation is 1. The lowest BCUT2D eigenvalue weighted by Gasteiger charge is -2.09. The van der Waals surface area contributed by atoms with Gasteiger partial charge in [0.2, 0.25) is 0 Å². The Morgan fingerprint density at radius 1 is 0.966 bits per heavy atom. The number of hydrogen-bond donors (Lipinski definition) is 3. The molecule has 29 heavy (non-hydrogen) atoms. The number of fused-ring (bicyclic) bond motifs is 1. The number of carbonyl (C=O) groups excluding carboxylic acids is 1. The molecule has 0 unspecified atom stereocenters. The molecule has 2 heterocycles. The van der Waals surface area contributed by atoms with E-state index in [0.717, 1.165) is 22.2 Å². The lowest BCUT2D eigenvalue weighted by Crippen LogP contribution is -2.32. The second kappa shape index (κ2) is 8.39. The van der Waals surface area contributed by atoms with Crippen molar-refractivity contribution in [3.63, 3.8) is 0 Å². The fourth-order valence-electron chi connectivity index (χ4n) is 2.89. The Morgan fingerprint density at radius 3 is 2.59 bits per heavy atom. The Morgan fingerprint density at radius 2 is 1.83 bits per heavy atom. The van der Waals surface area contributed by atoms with Crippen LogP contribution in [0.1, 0.15) is 5.69 Å². The lowest BCUT2D eigenvalue weighted by atomic mass is 10.1. The van der Waals surface area contributed by atoms with E-state index < -0.39 is 0 Å². The molecule has 0 atom stereocenters. The summed E-state index contributed by atoms with van der Waals surface area (Å²) in [6, 6.07) is 19.2. The number of benzene rings is 2. The minimum atomic E-state index is -0.252. The molecule has 0 bridgehead atoms. The second-order valence-corrected chi connectivity index (χ2v) is 6.55. The molecule has 0 fully saturated rings. The number of nitrogens with one attached hydrogen (secondary N) is 3. The van der Waals surface area contributed by atoms with E-state index in [1.807, 2.05) is 73.8 Å². The molecule has 4 aromatic rings. The Hall–Kier alpha value is -3.94. The third kappa shape index (κ3) is 4.67. The quantitative estimate of drug-likeness (QED) is 0.441. The molecule has 0 aliphatic carbocycles. The van der Waals surface area contributed by atoms with Gasteiger partial charge in [-0.05, 0) is 48.0 Å². The van der Waals surface area contributed by atoms with Crippen LogP contribution in [0.3, 0.4) is 0 Å². The molecular formula is C21H21N7O. The summed E-state index contributed by atoms with van der Waals surface area (Å²) >= 11 is 0. The van der Waals surface area contributed by atoms with E-state index in [1.165, 1.54) is 0 Å². The highest BCUT2D eigenvalue weighted by Gasteiger charge is 2.04. The summed E-state index contributed by atoms with van der Waals surface area (Å²) in [5.74, 6) is 1.28. The molecule has 0 spiro atoms. The molecule has 8 nitrogen and oxygen atoms in total. The van der Waals surface area contributed by atoms with E-state index in [4.69, 9.17) is 0 Å². The van der Waals surface area contributed by atoms with Crippen molar-refractivity contribution in [3.8, 4) is 5.82 Å². The van der Waals surface area contributed by atoms with Gasteiger partial charge in [-0.15, -0.1) is 10.2 Å². The van der Waals surface area contributed by atoms with Crippen LogP contribution in [-0.4, -0.2) is 39.1 Å². The SMILES string of the molecule is Cc1ccn(-c2ccc(NCCNC(=O)Nc3ccc4ccccc4c3)nn2)n1. The summed E-state index contributed by atoms with van der Waals surface area (Å²) in [7, 11) is 0. The van der Waals surface area contributed by atoms with Crippen LogP contribution in [0.5, 0.6) is 0 Å². The topological polar surface area (TPSA) is 96.8 Å². The highest BCUT2D eigenvalue weighted by atomic mass is 16.2. The van der Waals surface area contributed by atoms with Gasteiger partial charge in [-0.3, -0.25) is 0 Å². The summed E-state index contributed by atoms with van der Waals surface area (Å²) in [6.07, 6.45) is 1.84. The van der Waals surface area contributed by atoms with Crippen molar-refractivity contribution < 1.29 is 4.79 Å². The standard InChI is InChI=1S/C21H21N7O/c1-15-10-13-28(27-15)20-9-8-19(25-26-20)22-11-12-23-21(29)24-18-7-6-16-4-2-3-5-17(16)14-18/h2-10,13-14H,11-12H2,1H3,(H,22,25)(H2,23,24,29). The van der Waals surface area contributed by atoms with E-state index >= 15 is 0 Å². The third-order valence-electron chi connectivity index (χ3n) is 4.33. The first-order valence-electron chi connectivity index (χ1n) is 9.31. The average Bonchev–Trinajstić information content (AvgIpc) is 3.18. The van der Waals surface area contributed by atoms with Crippen LogP contribution in [0, 0.1) is 6.92 Å². The Kier molecular flexibility index (Phi) is 5.33. The number of rotatable bonds is 6. The number of carbonyl (C=O) groups is 1. The minimum absolute atomic E-state index is 0.252. The van der Waals surface area contributed by atoms with Gasteiger partial charge in [-0.1, -0.05) is 30.3 Å². The molecular weight excluding hydrogens is 366 g/mol. The fourth-order valence-corrected chi connectivity index (χ4v) is 2.89. The van der Waals surface area contributed by atoms with Crippen molar-refractivity contribution in [1.82, 2.24) is 25.3 Å². The zero-order valence-electron chi connectivity index (χ0n) is 16.0. The lowest BCUT2D eigenvalue weighted by molar-refractivity contribution is 0.252. The molecule has 2 aromatic heterocycles. The van der Waals surface area contributed by atoms with Gasteiger partial charge in [0.05, 0.1) is 5.69 Å². The highest BCUT2D eigenvalue weighted by molar-refractivity contribution is 5.93. The van der Waals surface area contributed by atoms with E-state index in [-0.39, 0.29) is 6.03 Å². The van der Waals surface area contributed by atoms with Crippen LogP contribution in [-0.2, 0) is 0 Å². The Labute approximate surface area is 168 Å². The van der Waals surface area contributed by atoms with Gasteiger partial charge in [0, 0.05) is 25.0 Å². The van der Waals surface area contributed by atoms with Gasteiger partial charge in [0.25, 0.3) is 0 Å². The summed E-state index contributed by atoms with van der Waals surface area (Å²) in [5, 5.41) is 23.6. The normalized spacial score (nSPS) is 10.7. The number of urea groups is 1. The third-order valence-corrected chi connectivity index (χ3v) is 4.33. The molecule has 0 aliphatic heterocycles. The van der Waals surface area contributed by atoms with E-state index in [1.54, 1.807) is 4.68 Å². The van der Waals surface area contributed by atoms with Crippen molar-refractivity contribution in [1.29, 1.82) is 0 Å². The van der Waals surface area contributed by atoms with Crippen molar-refractivity contribution in [3.05, 3.63) is 72.6 Å². The van der Waals surface area contributed by atoms with Gasteiger partial charge in [0.15, 0.2) is 5.82 Å². The molecule has 3 N–H and O–H groups in total. The van der Waals surface area contributed by atoms with Gasteiger partial charge >= 0.3 is 6.03 Å². The van der Waals surface area contributed by atoms with Gasteiger partial charge in [-0.25, -0.2) is 9.48 Å². The first-order valence-corrected chi connectivity index (χ1v) is 9.31. The number of aromatic nitrogens is 4. The fraction of sp³-hybridized carbons (Fsp3) is 0.143. The van der Waals surface area contributed by atoms with E-state index in [0.29, 0.717) is 24.7 Å². The number of nitrogens with zero attached hydrogens (tertiary/aromatic N) is 4. The molecule has 2 aromatic carbocycles. The van der Waals surface area contributed by atoms with Crippen molar-refractivity contribution in [2.75, 3.05) is 23.7 Å². The molecule has 146 valence electrons. The maximum atomic E-state index is 12.1. The van der Waals surface area contributed by atoms with Crippen LogP contribution in [0.15, 0.2) is 66.9 Å². The predicted octanol–water partition coefficient (Wildman–Crippen LogP) is 3.36. The van der Waals surface area contributed by atoms with Crippen LogP contribution in [0.2, 0.25) is 0 Å². The van der Waals surface area contributed by atoms with Crippen LogP contribution < -0.4 is 16.0 Å². The zero-order valence-corrected chi connectivity index (χ0v) is 16.0. The smallest absolute Gasteiger partial charge is 0.319 e. The number of amides is 2. The van der Waals surface area contributed by atoms with Crippen molar-refractivity contribution >= 4 is 28.3 Å². The molecule has 0 radical (unpaired) electrons. The van der Waals surface area contributed by atoms with Gasteiger partial charge in [-0.2, -0.15) is 5.10 Å². The van der Waals surface area contributed by atoms with Crippen molar-refractivity contribution in [2.45, 2.75) is 6.92 Å². The Bertz CT molecular complexity index is 1120. The molecule has 0 saturated heterocycles. The summed E-state index contributed by atoms with van der Waals surface area (Å²) in [6.45, 7) is 2.89. The maximum absolute atomic E-state index is 12.1. The van der Waals surface area contributed by atoms with Crippen LogP contribution in [0.25, 0.3) is 16.6 Å². The maximum Gasteiger partial charge on any atom is 0.319 e. The predicted molar refractivity (Wildman–Crippen MR) is 113 cm³/mol. The van der Waals surface area contributed by atoms with Crippen molar-refractivity contribution in [2.24, 2.45) is 0 Å². The number of hydrogen-bond acceptors (Lipinski definition) is 5. The first-order chi connectivity index (χ1) is 14.2. The molecule has 0 aliphatic rings. The largest absolute Gasteiger partial charge is 0.367 e. The molecule has 0 saturated carbocycles. The van der Waals surface area contributed by atoms with E-state index in [2.05, 4.69) is 31.2 Å². The highest BCUT2D eigenvalue weighted by Crippen LogP contribution is 2.18. The molecule has 2 amide bonds. The monoisotopic (exact) mass is 387 g/mol. The average molecular weight is 387 g/mol. The van der Waals surface area contributed by atoms with Crippen LogP contribution >= 0.6 is 0 Å². The Balaban J connectivity index is 1.23. The first kappa shape index (κ1) is 18.4. The molecule has 8 heteroatoms. The van der Waals surface area contributed by atoms with Gasteiger partial charge in [0.1, 0.15) is 5.82 Å². The minimum Gasteiger partial charge on any atom is -0.367 e. The summed E-state index contributed by atoms with van der Waals surface area (Å²) in [5.41, 5.74) is 1.67. The summed E-state index contributed by atoms with van der Waals surface area (Å²) in [4.78, 5) is 12.1. The van der Waals surface area contributed by atoms with Gasteiger partial charge < -0.3 is 16.0 Å². The zero-order chi connectivity index (χ0) is 20.1. The summed E-state index contributed by atoms with van der Waals surface area (Å²) < 4.78 is 1.67. The number of anilines is 2. The second-order valence-electron chi connectivity index (χ2n) is 6.55. The molecule has 4 rings (SSSR count). The van der Waals surface area contributed by atoms with E-state index in [9.17, 15) is 4.79 Å². The van der Waals surface area contributed by atoms with Crippen LogP contribution in [0.4, 0.5) is 16.3 Å².